The van der Waals surface area contributed by atoms with Gasteiger partial charge in [-0.2, -0.15) is 5.10 Å². The lowest BCUT2D eigenvalue weighted by Crippen LogP contribution is -1.96. The minimum absolute atomic E-state index is 0.755. The normalized spacial score (nSPS) is 12.5. The summed E-state index contributed by atoms with van der Waals surface area (Å²) in [6.07, 6.45) is 1.74. The number of thiophene rings is 1. The van der Waals surface area contributed by atoms with Gasteiger partial charge in [0.1, 0.15) is 5.71 Å². The Morgan fingerprint density at radius 3 is 1.91 bits per heavy atom. The second kappa shape index (κ2) is 5.52. The van der Waals surface area contributed by atoms with Gasteiger partial charge in [-0.1, -0.05) is 60.1 Å². The molecule has 0 bridgehead atoms. The van der Waals surface area contributed by atoms with Crippen LogP contribution in [-0.4, -0.2) is 11.9 Å². The fraction of sp³-hybridized carbons (Fsp3) is 0. The van der Waals surface area contributed by atoms with Gasteiger partial charge in [0.05, 0.1) is 10.6 Å². The molecule has 4 rings (SSSR count). The van der Waals surface area contributed by atoms with Gasteiger partial charge in [0.2, 0.25) is 0 Å². The second-order valence-corrected chi connectivity index (χ2v) is 6.67. The summed E-state index contributed by atoms with van der Waals surface area (Å²) >= 11 is 7.41. The van der Waals surface area contributed by atoms with Gasteiger partial charge in [-0.3, -0.25) is 0 Å². The molecule has 1 aromatic heterocycles. The number of benzene rings is 2. The molecule has 1 heterocycles. The highest BCUT2D eigenvalue weighted by Gasteiger charge is 2.23. The third-order valence-corrected chi connectivity index (χ3v) is 4.76. The summed E-state index contributed by atoms with van der Waals surface area (Å²) < 4.78 is 0.755. The van der Waals surface area contributed by atoms with Gasteiger partial charge >= 0.3 is 0 Å². The number of hydrogen-bond acceptors (Lipinski definition) is 3. The van der Waals surface area contributed by atoms with Gasteiger partial charge in [-0.05, 0) is 23.3 Å². The van der Waals surface area contributed by atoms with E-state index in [1.54, 1.807) is 6.21 Å². The largest absolute Gasteiger partial charge is 0.157 e. The molecule has 1 aliphatic carbocycles. The molecule has 0 atom stereocenters. The third kappa shape index (κ3) is 2.28. The van der Waals surface area contributed by atoms with Gasteiger partial charge < -0.3 is 0 Å². The maximum Gasteiger partial charge on any atom is 0.101 e. The van der Waals surface area contributed by atoms with Crippen molar-refractivity contribution in [2.45, 2.75) is 0 Å². The monoisotopic (exact) mass is 322 g/mol. The summed E-state index contributed by atoms with van der Waals surface area (Å²) in [6, 6.07) is 20.4. The molecule has 106 valence electrons. The van der Waals surface area contributed by atoms with E-state index in [0.29, 0.717) is 0 Å². The van der Waals surface area contributed by atoms with E-state index in [-0.39, 0.29) is 0 Å². The fourth-order valence-corrected chi connectivity index (χ4v) is 3.57. The molecular weight excluding hydrogens is 312 g/mol. The standard InChI is InChI=1S/C18H11ClN2S/c19-17-10-9-12(22-17)11-20-21-18-15-7-3-1-5-13(15)14-6-2-4-8-16(14)18/h1-11H. The second-order valence-electron chi connectivity index (χ2n) is 4.93. The molecule has 0 saturated carbocycles. The molecule has 2 nitrogen and oxygen atoms in total. The average molecular weight is 323 g/mol. The lowest BCUT2D eigenvalue weighted by atomic mass is 10.1. The molecule has 0 fully saturated rings. The SMILES string of the molecule is Clc1ccc(C=NN=C2c3ccccc3-c3ccccc32)s1. The Labute approximate surface area is 137 Å². The zero-order valence-corrected chi connectivity index (χ0v) is 13.1. The van der Waals surface area contributed by atoms with Crippen LogP contribution in [-0.2, 0) is 0 Å². The Kier molecular flexibility index (Phi) is 3.37. The first kappa shape index (κ1) is 13.4. The van der Waals surface area contributed by atoms with Crippen molar-refractivity contribution >= 4 is 34.9 Å². The molecule has 3 aromatic rings. The summed E-state index contributed by atoms with van der Waals surface area (Å²) in [5.74, 6) is 0. The molecule has 0 aliphatic heterocycles. The maximum absolute atomic E-state index is 5.92. The summed E-state index contributed by atoms with van der Waals surface area (Å²) in [5.41, 5.74) is 5.61. The van der Waals surface area contributed by atoms with Crippen molar-refractivity contribution in [3.8, 4) is 11.1 Å². The number of hydrogen-bond donors (Lipinski definition) is 0. The highest BCUT2D eigenvalue weighted by molar-refractivity contribution is 7.17. The zero-order chi connectivity index (χ0) is 14.9. The van der Waals surface area contributed by atoms with Crippen LogP contribution in [0.2, 0.25) is 4.34 Å². The number of fused-ring (bicyclic) bond motifs is 3. The van der Waals surface area contributed by atoms with E-state index in [0.717, 1.165) is 26.1 Å². The zero-order valence-electron chi connectivity index (χ0n) is 11.5. The average Bonchev–Trinajstić information content (AvgIpc) is 3.10. The Hall–Kier alpha value is -2.23. The molecule has 0 unspecified atom stereocenters. The van der Waals surface area contributed by atoms with Crippen molar-refractivity contribution in [2.24, 2.45) is 10.2 Å². The van der Waals surface area contributed by atoms with Crippen LogP contribution in [0.15, 0.2) is 70.9 Å². The predicted octanol–water partition coefficient (Wildman–Crippen LogP) is 5.25. The van der Waals surface area contributed by atoms with Crippen LogP contribution in [0.1, 0.15) is 16.0 Å². The number of halogens is 1. The van der Waals surface area contributed by atoms with Crippen molar-refractivity contribution in [2.75, 3.05) is 0 Å². The molecular formula is C18H11ClN2S. The number of nitrogens with zero attached hydrogens (tertiary/aromatic N) is 2. The lowest BCUT2D eigenvalue weighted by Gasteiger charge is -1.97. The molecule has 22 heavy (non-hydrogen) atoms. The molecule has 0 N–H and O–H groups in total. The quantitative estimate of drug-likeness (QED) is 0.355. The van der Waals surface area contributed by atoms with Crippen LogP contribution >= 0.6 is 22.9 Å². The maximum atomic E-state index is 5.92. The highest BCUT2D eigenvalue weighted by atomic mass is 35.5. The Morgan fingerprint density at radius 1 is 0.773 bits per heavy atom. The van der Waals surface area contributed by atoms with Gasteiger partial charge in [0.25, 0.3) is 0 Å². The van der Waals surface area contributed by atoms with Crippen molar-refractivity contribution in [3.05, 3.63) is 81.0 Å². The van der Waals surface area contributed by atoms with Crippen molar-refractivity contribution < 1.29 is 0 Å². The van der Waals surface area contributed by atoms with Crippen LogP contribution in [0.4, 0.5) is 0 Å². The van der Waals surface area contributed by atoms with Crippen LogP contribution in [0.3, 0.4) is 0 Å². The van der Waals surface area contributed by atoms with Gasteiger partial charge in [0, 0.05) is 16.0 Å². The summed E-state index contributed by atoms with van der Waals surface area (Å²) in [5, 5.41) is 8.71. The van der Waals surface area contributed by atoms with Gasteiger partial charge in [-0.25, -0.2) is 0 Å². The van der Waals surface area contributed by atoms with E-state index in [1.807, 2.05) is 24.3 Å². The van der Waals surface area contributed by atoms with Crippen molar-refractivity contribution in [1.29, 1.82) is 0 Å². The summed E-state index contributed by atoms with van der Waals surface area (Å²) in [4.78, 5) is 0.994. The lowest BCUT2D eigenvalue weighted by molar-refractivity contribution is 1.25. The Balaban J connectivity index is 1.78. The van der Waals surface area contributed by atoms with E-state index in [9.17, 15) is 0 Å². The fourth-order valence-electron chi connectivity index (χ4n) is 2.64. The topological polar surface area (TPSA) is 24.7 Å². The first-order valence-corrected chi connectivity index (χ1v) is 8.08. The Bertz CT molecular complexity index is 861. The first-order chi connectivity index (χ1) is 10.8. The minimum Gasteiger partial charge on any atom is -0.157 e. The van der Waals surface area contributed by atoms with Crippen LogP contribution in [0, 0.1) is 0 Å². The van der Waals surface area contributed by atoms with E-state index < -0.39 is 0 Å². The molecule has 1 aliphatic rings. The van der Waals surface area contributed by atoms with Crippen molar-refractivity contribution in [3.63, 3.8) is 0 Å². The molecule has 4 heteroatoms. The summed E-state index contributed by atoms with van der Waals surface area (Å²) in [7, 11) is 0. The van der Waals surface area contributed by atoms with Crippen LogP contribution in [0.5, 0.6) is 0 Å². The number of rotatable bonds is 2. The van der Waals surface area contributed by atoms with E-state index in [4.69, 9.17) is 11.6 Å². The summed E-state index contributed by atoms with van der Waals surface area (Å²) in [6.45, 7) is 0. The van der Waals surface area contributed by atoms with Crippen molar-refractivity contribution in [1.82, 2.24) is 0 Å². The Morgan fingerprint density at radius 2 is 1.36 bits per heavy atom. The van der Waals surface area contributed by atoms with Gasteiger partial charge in [0.15, 0.2) is 0 Å². The molecule has 0 saturated heterocycles. The molecule has 2 aromatic carbocycles. The molecule has 0 spiro atoms. The first-order valence-electron chi connectivity index (χ1n) is 6.88. The molecule has 0 radical (unpaired) electrons. The van der Waals surface area contributed by atoms with Crippen LogP contribution in [0.25, 0.3) is 11.1 Å². The van der Waals surface area contributed by atoms with E-state index in [1.165, 1.54) is 22.5 Å². The van der Waals surface area contributed by atoms with E-state index >= 15 is 0 Å². The minimum atomic E-state index is 0.755. The van der Waals surface area contributed by atoms with Crippen LogP contribution < -0.4 is 0 Å². The van der Waals surface area contributed by atoms with E-state index in [2.05, 4.69) is 46.6 Å². The third-order valence-electron chi connectivity index (χ3n) is 3.59. The smallest absolute Gasteiger partial charge is 0.101 e. The molecule has 0 amide bonds. The van der Waals surface area contributed by atoms with Gasteiger partial charge in [-0.15, -0.1) is 16.4 Å². The predicted molar refractivity (Wildman–Crippen MR) is 94.4 cm³/mol. The highest BCUT2D eigenvalue weighted by Crippen LogP contribution is 2.36.